The minimum absolute atomic E-state index is 0.161. The van der Waals surface area contributed by atoms with Crippen molar-refractivity contribution >= 4 is 15.9 Å². The zero-order valence-corrected chi connectivity index (χ0v) is 12.5. The Labute approximate surface area is 117 Å². The van der Waals surface area contributed by atoms with Crippen LogP contribution in [0.25, 0.3) is 0 Å². The Bertz CT molecular complexity index is 388. The normalized spacial score (nSPS) is 18.8. The molecule has 0 aliphatic heterocycles. The first kappa shape index (κ1) is 14.0. The molecule has 1 saturated carbocycles. The Kier molecular flexibility index (Phi) is 5.19. The van der Waals surface area contributed by atoms with E-state index in [9.17, 15) is 4.39 Å². The second-order valence-electron chi connectivity index (χ2n) is 5.11. The van der Waals surface area contributed by atoms with Gasteiger partial charge >= 0.3 is 0 Å². The molecule has 1 aliphatic rings. The molecule has 0 saturated heterocycles. The van der Waals surface area contributed by atoms with Crippen LogP contribution in [0.1, 0.15) is 50.6 Å². The van der Waals surface area contributed by atoms with E-state index in [0.717, 1.165) is 12.1 Å². The molecule has 1 nitrogen and oxygen atoms in total. The van der Waals surface area contributed by atoms with Crippen LogP contribution in [-0.2, 0) is 0 Å². The Morgan fingerprint density at radius 2 is 2.06 bits per heavy atom. The molecule has 1 aromatic carbocycles. The molecule has 2 rings (SSSR count). The van der Waals surface area contributed by atoms with Gasteiger partial charge in [0.05, 0.1) is 4.47 Å². The lowest BCUT2D eigenvalue weighted by Crippen LogP contribution is -2.29. The summed E-state index contributed by atoms with van der Waals surface area (Å²) in [6, 6.07) is 5.83. The van der Waals surface area contributed by atoms with E-state index in [2.05, 4.69) is 28.2 Å². The average Bonchev–Trinajstić information content (AvgIpc) is 2.40. The van der Waals surface area contributed by atoms with Crippen molar-refractivity contribution in [2.45, 2.75) is 45.1 Å². The first-order chi connectivity index (χ1) is 8.72. The molecular weight excluding hydrogens is 293 g/mol. The number of nitrogens with one attached hydrogen (secondary N) is 1. The van der Waals surface area contributed by atoms with E-state index in [0.29, 0.717) is 16.4 Å². The predicted molar refractivity (Wildman–Crippen MR) is 77.1 cm³/mol. The van der Waals surface area contributed by atoms with Crippen LogP contribution in [0.15, 0.2) is 22.7 Å². The molecule has 100 valence electrons. The lowest BCUT2D eigenvalue weighted by molar-refractivity contribution is 0.274. The lowest BCUT2D eigenvalue weighted by Gasteiger charge is -2.31. The third-order valence-electron chi connectivity index (χ3n) is 3.85. The van der Waals surface area contributed by atoms with Gasteiger partial charge < -0.3 is 5.32 Å². The molecule has 1 aliphatic carbocycles. The summed E-state index contributed by atoms with van der Waals surface area (Å²) in [6.07, 6.45) is 6.49. The number of rotatable bonds is 4. The van der Waals surface area contributed by atoms with E-state index in [1.54, 1.807) is 6.07 Å². The van der Waals surface area contributed by atoms with Crippen molar-refractivity contribution in [3.8, 4) is 0 Å². The molecular formula is C15H21BrFN. The maximum Gasteiger partial charge on any atom is 0.137 e. The highest BCUT2D eigenvalue weighted by atomic mass is 79.9. The first-order valence-corrected chi connectivity index (χ1v) is 7.70. The van der Waals surface area contributed by atoms with Gasteiger partial charge in [-0.2, -0.15) is 0 Å². The number of hydrogen-bond donors (Lipinski definition) is 1. The Morgan fingerprint density at radius 1 is 1.33 bits per heavy atom. The Balaban J connectivity index is 2.19. The topological polar surface area (TPSA) is 12.0 Å². The molecule has 0 aromatic heterocycles. The van der Waals surface area contributed by atoms with Crippen LogP contribution < -0.4 is 5.32 Å². The van der Waals surface area contributed by atoms with E-state index in [-0.39, 0.29) is 5.82 Å². The Hall–Kier alpha value is -0.410. The molecule has 1 unspecified atom stereocenters. The van der Waals surface area contributed by atoms with Crippen LogP contribution in [0.2, 0.25) is 0 Å². The van der Waals surface area contributed by atoms with Gasteiger partial charge in [0.2, 0.25) is 0 Å². The summed E-state index contributed by atoms with van der Waals surface area (Å²) in [7, 11) is 0. The van der Waals surface area contributed by atoms with Crippen molar-refractivity contribution in [3.63, 3.8) is 0 Å². The van der Waals surface area contributed by atoms with E-state index in [4.69, 9.17) is 0 Å². The maximum atomic E-state index is 13.7. The van der Waals surface area contributed by atoms with Crippen molar-refractivity contribution in [2.24, 2.45) is 5.92 Å². The second-order valence-corrected chi connectivity index (χ2v) is 5.96. The largest absolute Gasteiger partial charge is 0.310 e. The Morgan fingerprint density at radius 3 is 2.67 bits per heavy atom. The number of hydrogen-bond acceptors (Lipinski definition) is 1. The molecule has 0 bridgehead atoms. The molecule has 0 heterocycles. The van der Waals surface area contributed by atoms with Gasteiger partial charge in [0.25, 0.3) is 0 Å². The van der Waals surface area contributed by atoms with Crippen molar-refractivity contribution in [1.82, 2.24) is 5.32 Å². The highest BCUT2D eigenvalue weighted by Gasteiger charge is 2.24. The minimum Gasteiger partial charge on any atom is -0.310 e. The summed E-state index contributed by atoms with van der Waals surface area (Å²) in [6.45, 7) is 3.05. The van der Waals surface area contributed by atoms with Crippen LogP contribution >= 0.6 is 15.9 Å². The summed E-state index contributed by atoms with van der Waals surface area (Å²) in [5.74, 6) is 0.491. The summed E-state index contributed by atoms with van der Waals surface area (Å²) in [5.41, 5.74) is 1.09. The van der Waals surface area contributed by atoms with Crippen molar-refractivity contribution < 1.29 is 4.39 Å². The first-order valence-electron chi connectivity index (χ1n) is 6.90. The smallest absolute Gasteiger partial charge is 0.137 e. The van der Waals surface area contributed by atoms with E-state index in [1.165, 1.54) is 32.1 Å². The van der Waals surface area contributed by atoms with Crippen molar-refractivity contribution in [3.05, 3.63) is 34.1 Å². The summed E-state index contributed by atoms with van der Waals surface area (Å²) >= 11 is 3.22. The third kappa shape index (κ3) is 3.33. The van der Waals surface area contributed by atoms with Gasteiger partial charge in [-0.25, -0.2) is 4.39 Å². The van der Waals surface area contributed by atoms with Gasteiger partial charge in [-0.3, -0.25) is 0 Å². The zero-order valence-electron chi connectivity index (χ0n) is 10.9. The van der Waals surface area contributed by atoms with Gasteiger partial charge in [-0.1, -0.05) is 32.3 Å². The summed E-state index contributed by atoms with van der Waals surface area (Å²) in [4.78, 5) is 0. The monoisotopic (exact) mass is 313 g/mol. The van der Waals surface area contributed by atoms with Gasteiger partial charge in [0, 0.05) is 6.04 Å². The highest BCUT2D eigenvalue weighted by molar-refractivity contribution is 9.10. The van der Waals surface area contributed by atoms with Crippen LogP contribution in [0.4, 0.5) is 4.39 Å². The molecule has 18 heavy (non-hydrogen) atoms. The fraction of sp³-hybridized carbons (Fsp3) is 0.600. The van der Waals surface area contributed by atoms with Gasteiger partial charge in [-0.15, -0.1) is 0 Å². The van der Waals surface area contributed by atoms with Crippen LogP contribution in [0, 0.1) is 11.7 Å². The zero-order chi connectivity index (χ0) is 13.0. The summed E-state index contributed by atoms with van der Waals surface area (Å²) < 4.78 is 14.2. The lowest BCUT2D eigenvalue weighted by atomic mass is 9.81. The molecule has 0 amide bonds. The molecule has 1 aromatic rings. The molecule has 1 N–H and O–H groups in total. The molecule has 0 spiro atoms. The SMILES string of the molecule is CCNC(c1ccc(Br)c(F)c1)C1CCCCC1. The van der Waals surface area contributed by atoms with Gasteiger partial charge in [0.15, 0.2) is 0 Å². The molecule has 3 heteroatoms. The fourth-order valence-electron chi connectivity index (χ4n) is 2.95. The number of halogens is 2. The highest BCUT2D eigenvalue weighted by Crippen LogP contribution is 2.35. The predicted octanol–water partition coefficient (Wildman–Crippen LogP) is 4.82. The molecule has 1 atom stereocenters. The van der Waals surface area contributed by atoms with Crippen molar-refractivity contribution in [1.29, 1.82) is 0 Å². The molecule has 1 fully saturated rings. The fourth-order valence-corrected chi connectivity index (χ4v) is 3.20. The quantitative estimate of drug-likeness (QED) is 0.840. The van der Waals surface area contributed by atoms with Gasteiger partial charge in [-0.05, 0) is 58.9 Å². The summed E-state index contributed by atoms with van der Waals surface area (Å²) in [5, 5.41) is 3.53. The number of benzene rings is 1. The molecule has 0 radical (unpaired) electrons. The standard InChI is InChI=1S/C15H21BrFN/c1-2-18-15(11-6-4-3-5-7-11)12-8-9-13(16)14(17)10-12/h8-11,15,18H,2-7H2,1H3. The van der Waals surface area contributed by atoms with Crippen LogP contribution in [0.5, 0.6) is 0 Å². The van der Waals surface area contributed by atoms with Crippen LogP contribution in [-0.4, -0.2) is 6.54 Å². The van der Waals surface area contributed by atoms with E-state index < -0.39 is 0 Å². The maximum absolute atomic E-state index is 13.7. The van der Waals surface area contributed by atoms with Gasteiger partial charge in [0.1, 0.15) is 5.82 Å². The van der Waals surface area contributed by atoms with Crippen LogP contribution in [0.3, 0.4) is 0 Å². The second kappa shape index (κ2) is 6.67. The van der Waals surface area contributed by atoms with E-state index in [1.807, 2.05) is 12.1 Å². The average molecular weight is 314 g/mol. The van der Waals surface area contributed by atoms with E-state index >= 15 is 0 Å². The third-order valence-corrected chi connectivity index (χ3v) is 4.49. The minimum atomic E-state index is -0.161. The van der Waals surface area contributed by atoms with Crippen molar-refractivity contribution in [2.75, 3.05) is 6.54 Å².